The van der Waals surface area contributed by atoms with Gasteiger partial charge in [0.1, 0.15) is 0 Å². The molecule has 0 radical (unpaired) electrons. The van der Waals surface area contributed by atoms with Crippen molar-refractivity contribution >= 4 is 62.5 Å². The van der Waals surface area contributed by atoms with E-state index < -0.39 is 0 Å². The van der Waals surface area contributed by atoms with Gasteiger partial charge in [-0.05, 0) is 49.2 Å². The second-order valence-electron chi connectivity index (χ2n) is 7.07. The zero-order chi connectivity index (χ0) is 21.4. The summed E-state index contributed by atoms with van der Waals surface area (Å²) in [5.41, 5.74) is 5.94. The van der Waals surface area contributed by atoms with E-state index in [4.69, 9.17) is 16.6 Å². The first-order valence-electron chi connectivity index (χ1n) is 9.41. The number of carbonyl (C=O) groups is 1. The molecule has 0 atom stereocenters. The number of hydrogen-bond donors (Lipinski definition) is 0. The first-order chi connectivity index (χ1) is 14.3. The number of fused-ring (bicyclic) bond motifs is 1. The number of aromatic nitrogens is 3. The lowest BCUT2D eigenvalue weighted by molar-refractivity contribution is -0.115. The average molecular weight is 457 g/mol. The molecular formula is C22H21ClN4OS2. The van der Waals surface area contributed by atoms with Crippen LogP contribution in [-0.4, -0.2) is 20.4 Å². The van der Waals surface area contributed by atoms with Crippen molar-refractivity contribution in [3.8, 4) is 0 Å². The maximum absolute atomic E-state index is 12.4. The molecule has 2 aromatic carbocycles. The summed E-state index contributed by atoms with van der Waals surface area (Å²) < 4.78 is 2.06. The van der Waals surface area contributed by atoms with Gasteiger partial charge in [0, 0.05) is 30.1 Å². The number of halogens is 1. The molecule has 8 heteroatoms. The highest BCUT2D eigenvalue weighted by atomic mass is 35.5. The quantitative estimate of drug-likeness (QED) is 0.332. The molecule has 1 amide bonds. The van der Waals surface area contributed by atoms with Gasteiger partial charge in [-0.2, -0.15) is 0 Å². The molecule has 0 fully saturated rings. The lowest BCUT2D eigenvalue weighted by Gasteiger charge is -2.21. The molecule has 0 unspecified atom stereocenters. The Kier molecular flexibility index (Phi) is 5.86. The second kappa shape index (κ2) is 8.41. The van der Waals surface area contributed by atoms with Crippen LogP contribution >= 0.6 is 34.7 Å². The lowest BCUT2D eigenvalue weighted by Crippen LogP contribution is -2.23. The molecular weight excluding hydrogens is 436 g/mol. The predicted molar refractivity (Wildman–Crippen MR) is 126 cm³/mol. The van der Waals surface area contributed by atoms with Crippen molar-refractivity contribution in [3.63, 3.8) is 0 Å². The Morgan fingerprint density at radius 1 is 1.23 bits per heavy atom. The third-order valence-electron chi connectivity index (χ3n) is 5.01. The molecule has 0 spiro atoms. The summed E-state index contributed by atoms with van der Waals surface area (Å²) in [6.07, 6.45) is 0. The van der Waals surface area contributed by atoms with Crippen molar-refractivity contribution < 1.29 is 4.79 Å². The fraction of sp³-hybridized carbons (Fsp3) is 0.227. The minimum Gasteiger partial charge on any atom is -0.322 e. The monoisotopic (exact) mass is 456 g/mol. The maximum atomic E-state index is 12.4. The van der Waals surface area contributed by atoms with Crippen molar-refractivity contribution in [2.75, 3.05) is 4.90 Å². The molecule has 0 saturated heterocycles. The first kappa shape index (κ1) is 20.9. The van der Waals surface area contributed by atoms with Gasteiger partial charge in [-0.25, -0.2) is 9.97 Å². The SMILES string of the molecule is CC(=O)N(c1nc(CSc2nc3cc(Cl)ccc3n2C)cs1)c1cccc(C)c1C. The molecule has 0 bridgehead atoms. The number of imidazole rings is 1. The molecule has 2 aromatic heterocycles. The van der Waals surface area contributed by atoms with Gasteiger partial charge >= 0.3 is 0 Å². The summed E-state index contributed by atoms with van der Waals surface area (Å²) in [5.74, 6) is 0.615. The molecule has 4 rings (SSSR count). The summed E-state index contributed by atoms with van der Waals surface area (Å²) in [4.78, 5) is 23.5. The van der Waals surface area contributed by atoms with Crippen LogP contribution in [0.5, 0.6) is 0 Å². The Bertz CT molecular complexity index is 1250. The van der Waals surface area contributed by atoms with Gasteiger partial charge in [-0.15, -0.1) is 11.3 Å². The fourth-order valence-electron chi connectivity index (χ4n) is 3.27. The number of benzene rings is 2. The topological polar surface area (TPSA) is 51.0 Å². The van der Waals surface area contributed by atoms with Crippen LogP contribution < -0.4 is 4.90 Å². The highest BCUT2D eigenvalue weighted by Gasteiger charge is 2.20. The van der Waals surface area contributed by atoms with E-state index in [0.29, 0.717) is 15.9 Å². The van der Waals surface area contributed by atoms with Crippen molar-refractivity contribution in [2.24, 2.45) is 7.05 Å². The van der Waals surface area contributed by atoms with Crippen LogP contribution in [0.4, 0.5) is 10.8 Å². The Morgan fingerprint density at radius 2 is 2.03 bits per heavy atom. The molecule has 0 aliphatic rings. The van der Waals surface area contributed by atoms with E-state index in [1.54, 1.807) is 23.6 Å². The number of amides is 1. The van der Waals surface area contributed by atoms with Crippen LogP contribution in [-0.2, 0) is 17.6 Å². The Labute approximate surface area is 188 Å². The van der Waals surface area contributed by atoms with Gasteiger partial charge in [0.05, 0.1) is 22.4 Å². The third-order valence-corrected chi connectivity index (χ3v) is 7.19. The standard InChI is InChI=1S/C22H21ClN4OS2/c1-13-6-5-7-19(14(13)2)27(15(3)28)22-24-17(12-30-22)11-29-21-25-18-10-16(23)8-9-20(18)26(21)4/h5-10,12H,11H2,1-4H3. The minimum absolute atomic E-state index is 0.0514. The molecule has 4 aromatic rings. The second-order valence-corrected chi connectivity index (χ2v) is 9.29. The van der Waals surface area contributed by atoms with Crippen molar-refractivity contribution in [1.29, 1.82) is 0 Å². The summed E-state index contributed by atoms with van der Waals surface area (Å²) in [6, 6.07) is 11.7. The zero-order valence-corrected chi connectivity index (χ0v) is 19.5. The van der Waals surface area contributed by atoms with E-state index in [0.717, 1.165) is 38.7 Å². The zero-order valence-electron chi connectivity index (χ0n) is 17.1. The lowest BCUT2D eigenvalue weighted by atomic mass is 10.1. The summed E-state index contributed by atoms with van der Waals surface area (Å²) in [7, 11) is 2.00. The molecule has 0 aliphatic carbocycles. The Hall–Kier alpha value is -2.35. The number of aryl methyl sites for hydroxylation is 2. The molecule has 0 saturated carbocycles. The minimum atomic E-state index is -0.0514. The van der Waals surface area contributed by atoms with Gasteiger partial charge < -0.3 is 4.57 Å². The van der Waals surface area contributed by atoms with Crippen LogP contribution in [0.25, 0.3) is 11.0 Å². The molecule has 0 N–H and O–H groups in total. The van der Waals surface area contributed by atoms with E-state index in [9.17, 15) is 4.79 Å². The third kappa shape index (κ3) is 3.97. The van der Waals surface area contributed by atoms with Crippen LogP contribution in [0.3, 0.4) is 0 Å². The number of thiazole rings is 1. The Balaban J connectivity index is 1.57. The van der Waals surface area contributed by atoms with Crippen molar-refractivity contribution in [3.05, 3.63) is 63.6 Å². The molecule has 5 nitrogen and oxygen atoms in total. The molecule has 30 heavy (non-hydrogen) atoms. The average Bonchev–Trinajstić information content (AvgIpc) is 3.28. The van der Waals surface area contributed by atoms with E-state index in [-0.39, 0.29) is 5.91 Å². The number of thioether (sulfide) groups is 1. The predicted octanol–water partition coefficient (Wildman–Crippen LogP) is 6.28. The van der Waals surface area contributed by atoms with Crippen LogP contribution in [0.2, 0.25) is 5.02 Å². The van der Waals surface area contributed by atoms with Gasteiger partial charge in [0.25, 0.3) is 0 Å². The molecule has 2 heterocycles. The van der Waals surface area contributed by atoms with E-state index in [1.165, 1.54) is 11.3 Å². The van der Waals surface area contributed by atoms with Gasteiger partial charge in [0.15, 0.2) is 10.3 Å². The van der Waals surface area contributed by atoms with Gasteiger partial charge in [-0.1, -0.05) is 35.5 Å². The van der Waals surface area contributed by atoms with Crippen molar-refractivity contribution in [2.45, 2.75) is 31.7 Å². The molecule has 154 valence electrons. The van der Waals surface area contributed by atoms with Gasteiger partial charge in [-0.3, -0.25) is 9.69 Å². The largest absolute Gasteiger partial charge is 0.322 e. The maximum Gasteiger partial charge on any atom is 0.230 e. The highest BCUT2D eigenvalue weighted by molar-refractivity contribution is 7.98. The van der Waals surface area contributed by atoms with E-state index in [1.807, 2.05) is 62.7 Å². The van der Waals surface area contributed by atoms with E-state index >= 15 is 0 Å². The van der Waals surface area contributed by atoms with Gasteiger partial charge in [0.2, 0.25) is 5.91 Å². The number of hydrogen-bond acceptors (Lipinski definition) is 5. The molecule has 0 aliphatic heterocycles. The normalized spacial score (nSPS) is 11.2. The number of nitrogens with zero attached hydrogens (tertiary/aromatic N) is 4. The summed E-state index contributed by atoms with van der Waals surface area (Å²) >= 11 is 9.18. The van der Waals surface area contributed by atoms with E-state index in [2.05, 4.69) is 9.55 Å². The highest BCUT2D eigenvalue weighted by Crippen LogP contribution is 2.34. The summed E-state index contributed by atoms with van der Waals surface area (Å²) in [6.45, 7) is 5.65. The number of rotatable bonds is 5. The van der Waals surface area contributed by atoms with Crippen LogP contribution in [0.1, 0.15) is 23.7 Å². The van der Waals surface area contributed by atoms with Crippen molar-refractivity contribution in [1.82, 2.24) is 14.5 Å². The first-order valence-corrected chi connectivity index (χ1v) is 11.7. The smallest absolute Gasteiger partial charge is 0.230 e. The fourth-order valence-corrected chi connectivity index (χ4v) is 5.30. The van der Waals surface area contributed by atoms with Crippen LogP contribution in [0.15, 0.2) is 46.9 Å². The van der Waals surface area contributed by atoms with Crippen LogP contribution in [0, 0.1) is 13.8 Å². The Morgan fingerprint density at radius 3 is 2.80 bits per heavy atom. The number of carbonyl (C=O) groups excluding carboxylic acids is 1. The number of anilines is 2. The summed E-state index contributed by atoms with van der Waals surface area (Å²) in [5, 5.41) is 4.27.